The molecule has 4 heteroatoms. The summed E-state index contributed by atoms with van der Waals surface area (Å²) in [6, 6.07) is 11.7. The van der Waals surface area contributed by atoms with E-state index in [9.17, 15) is 9.50 Å². The molecule has 0 amide bonds. The summed E-state index contributed by atoms with van der Waals surface area (Å²) >= 11 is 5.68. The van der Waals surface area contributed by atoms with Crippen LogP contribution >= 0.6 is 11.6 Å². The highest BCUT2D eigenvalue weighted by molar-refractivity contribution is 6.17. The van der Waals surface area contributed by atoms with Crippen molar-refractivity contribution in [3.05, 3.63) is 59.4 Å². The second-order valence-electron chi connectivity index (χ2n) is 5.60. The van der Waals surface area contributed by atoms with Crippen molar-refractivity contribution in [2.45, 2.75) is 32.3 Å². The molecule has 118 valence electrons. The van der Waals surface area contributed by atoms with Crippen molar-refractivity contribution >= 4 is 11.6 Å². The Morgan fingerprint density at radius 2 is 1.86 bits per heavy atom. The molecule has 0 aliphatic carbocycles. The molecule has 2 rings (SSSR count). The maximum absolute atomic E-state index is 13.1. The number of hydrogen-bond donors (Lipinski definition) is 1. The highest BCUT2D eigenvalue weighted by Gasteiger charge is 2.22. The van der Waals surface area contributed by atoms with Gasteiger partial charge in [-0.25, -0.2) is 4.39 Å². The maximum Gasteiger partial charge on any atom is 0.130 e. The molecule has 0 aliphatic heterocycles. The van der Waals surface area contributed by atoms with Gasteiger partial charge in [-0.05, 0) is 68.1 Å². The van der Waals surface area contributed by atoms with Crippen LogP contribution < -0.4 is 4.74 Å². The van der Waals surface area contributed by atoms with Gasteiger partial charge in [0.1, 0.15) is 17.3 Å². The third-order valence-corrected chi connectivity index (χ3v) is 3.91. The zero-order chi connectivity index (χ0) is 16.2. The molecule has 1 N–H and O–H groups in total. The molecule has 0 fully saturated rings. The molecule has 0 aliphatic rings. The topological polar surface area (TPSA) is 29.5 Å². The number of rotatable bonds is 6. The van der Waals surface area contributed by atoms with Crippen molar-refractivity contribution < 1.29 is 14.2 Å². The van der Waals surface area contributed by atoms with Crippen molar-refractivity contribution in [1.29, 1.82) is 0 Å². The molecule has 22 heavy (non-hydrogen) atoms. The molecule has 0 spiro atoms. The molecule has 0 saturated carbocycles. The summed E-state index contributed by atoms with van der Waals surface area (Å²) in [7, 11) is 0. The summed E-state index contributed by atoms with van der Waals surface area (Å²) in [5.41, 5.74) is 0.651. The van der Waals surface area contributed by atoms with E-state index in [4.69, 9.17) is 16.3 Å². The average molecular weight is 323 g/mol. The molecule has 1 unspecified atom stereocenters. The second kappa shape index (κ2) is 7.12. The van der Waals surface area contributed by atoms with Crippen LogP contribution in [-0.2, 0) is 5.60 Å². The minimum atomic E-state index is -0.904. The van der Waals surface area contributed by atoms with E-state index in [1.807, 2.05) is 12.1 Å². The van der Waals surface area contributed by atoms with Crippen LogP contribution in [0.3, 0.4) is 0 Å². The Bertz CT molecular complexity index is 623. The van der Waals surface area contributed by atoms with Crippen molar-refractivity contribution in [3.8, 4) is 11.5 Å². The van der Waals surface area contributed by atoms with Crippen molar-refractivity contribution in [1.82, 2.24) is 0 Å². The van der Waals surface area contributed by atoms with Crippen LogP contribution in [0, 0.1) is 12.7 Å². The number of aliphatic hydroxyl groups is 1. The lowest BCUT2D eigenvalue weighted by molar-refractivity contribution is 0.0471. The van der Waals surface area contributed by atoms with E-state index in [2.05, 4.69) is 0 Å². The van der Waals surface area contributed by atoms with E-state index in [1.54, 1.807) is 32.0 Å². The predicted molar refractivity (Wildman–Crippen MR) is 87.2 cm³/mol. The van der Waals surface area contributed by atoms with Gasteiger partial charge in [-0.3, -0.25) is 0 Å². The van der Waals surface area contributed by atoms with Crippen LogP contribution in [0.4, 0.5) is 4.39 Å². The molecule has 2 aromatic carbocycles. The largest absolute Gasteiger partial charge is 0.457 e. The highest BCUT2D eigenvalue weighted by atomic mass is 35.5. The van der Waals surface area contributed by atoms with Gasteiger partial charge in [0, 0.05) is 5.88 Å². The van der Waals surface area contributed by atoms with E-state index in [1.165, 1.54) is 12.1 Å². The molecule has 0 heterocycles. The van der Waals surface area contributed by atoms with Crippen LogP contribution in [0.25, 0.3) is 0 Å². The Morgan fingerprint density at radius 3 is 2.45 bits per heavy atom. The lowest BCUT2D eigenvalue weighted by atomic mass is 9.91. The number of alkyl halides is 1. The lowest BCUT2D eigenvalue weighted by Gasteiger charge is -2.23. The molecule has 2 nitrogen and oxygen atoms in total. The van der Waals surface area contributed by atoms with Crippen LogP contribution in [0.1, 0.15) is 30.9 Å². The number of hydrogen-bond acceptors (Lipinski definition) is 2. The van der Waals surface area contributed by atoms with Gasteiger partial charge in [-0.15, -0.1) is 11.6 Å². The molecule has 0 bridgehead atoms. The zero-order valence-corrected chi connectivity index (χ0v) is 13.5. The minimum Gasteiger partial charge on any atom is -0.457 e. The lowest BCUT2D eigenvalue weighted by Crippen LogP contribution is -2.21. The van der Waals surface area contributed by atoms with Gasteiger partial charge in [-0.2, -0.15) is 0 Å². The van der Waals surface area contributed by atoms with Gasteiger partial charge in [0.25, 0.3) is 0 Å². The fourth-order valence-corrected chi connectivity index (χ4v) is 2.43. The third kappa shape index (κ3) is 4.21. The van der Waals surface area contributed by atoms with Crippen LogP contribution in [0.2, 0.25) is 0 Å². The van der Waals surface area contributed by atoms with Gasteiger partial charge in [0.05, 0.1) is 5.60 Å². The number of ether oxygens (including phenoxy) is 1. The Kier molecular flexibility index (Phi) is 5.43. The summed E-state index contributed by atoms with van der Waals surface area (Å²) in [6.07, 6.45) is 1.36. The van der Waals surface area contributed by atoms with Crippen LogP contribution in [-0.4, -0.2) is 11.0 Å². The Morgan fingerprint density at radius 1 is 1.18 bits per heavy atom. The Labute approximate surface area is 135 Å². The number of aryl methyl sites for hydroxylation is 1. The van der Waals surface area contributed by atoms with Crippen molar-refractivity contribution in [3.63, 3.8) is 0 Å². The standard InChI is InChI=1S/C18H20ClFO2/c1-13-12-15(20)6-9-17(13)22-16-7-4-14(5-8-16)18(2,21)10-3-11-19/h4-9,12,21H,3,10-11H2,1-2H3. The maximum atomic E-state index is 13.1. The summed E-state index contributed by atoms with van der Waals surface area (Å²) in [4.78, 5) is 0. The molecule has 0 radical (unpaired) electrons. The monoisotopic (exact) mass is 322 g/mol. The predicted octanol–water partition coefficient (Wildman–Crippen LogP) is 5.15. The molecule has 0 aromatic heterocycles. The van der Waals surface area contributed by atoms with Gasteiger partial charge in [-0.1, -0.05) is 12.1 Å². The summed E-state index contributed by atoms with van der Waals surface area (Å²) in [6.45, 7) is 3.57. The molecule has 0 saturated heterocycles. The van der Waals surface area contributed by atoms with E-state index in [0.717, 1.165) is 17.5 Å². The Hall–Kier alpha value is -1.58. The fraction of sp³-hybridized carbons (Fsp3) is 0.333. The first-order valence-corrected chi connectivity index (χ1v) is 7.79. The second-order valence-corrected chi connectivity index (χ2v) is 5.98. The zero-order valence-electron chi connectivity index (χ0n) is 12.8. The first kappa shape index (κ1) is 16.8. The van der Waals surface area contributed by atoms with Crippen molar-refractivity contribution in [2.24, 2.45) is 0 Å². The fourth-order valence-electron chi connectivity index (χ4n) is 2.29. The number of benzene rings is 2. The van der Waals surface area contributed by atoms with Gasteiger partial charge < -0.3 is 9.84 Å². The summed E-state index contributed by atoms with van der Waals surface area (Å²) in [5, 5.41) is 10.4. The summed E-state index contributed by atoms with van der Waals surface area (Å²) in [5.74, 6) is 1.51. The first-order valence-electron chi connectivity index (χ1n) is 7.25. The highest BCUT2D eigenvalue weighted by Crippen LogP contribution is 2.30. The van der Waals surface area contributed by atoms with E-state index in [0.29, 0.717) is 23.8 Å². The first-order chi connectivity index (χ1) is 10.4. The third-order valence-electron chi connectivity index (χ3n) is 3.64. The van der Waals surface area contributed by atoms with Gasteiger partial charge in [0.15, 0.2) is 0 Å². The van der Waals surface area contributed by atoms with Crippen molar-refractivity contribution in [2.75, 3.05) is 5.88 Å². The van der Waals surface area contributed by atoms with E-state index >= 15 is 0 Å². The minimum absolute atomic E-state index is 0.282. The van der Waals surface area contributed by atoms with Crippen LogP contribution in [0.15, 0.2) is 42.5 Å². The Balaban J connectivity index is 2.12. The van der Waals surface area contributed by atoms with Crippen LogP contribution in [0.5, 0.6) is 11.5 Å². The molecular weight excluding hydrogens is 303 g/mol. The smallest absolute Gasteiger partial charge is 0.130 e. The number of halogens is 2. The van der Waals surface area contributed by atoms with Gasteiger partial charge >= 0.3 is 0 Å². The molecule has 1 atom stereocenters. The molecular formula is C18H20ClFO2. The van der Waals surface area contributed by atoms with Gasteiger partial charge in [0.2, 0.25) is 0 Å². The molecule has 2 aromatic rings. The van der Waals surface area contributed by atoms with E-state index < -0.39 is 5.60 Å². The normalized spacial score (nSPS) is 13.7. The summed E-state index contributed by atoms with van der Waals surface area (Å²) < 4.78 is 18.8. The average Bonchev–Trinajstić information content (AvgIpc) is 2.49. The van der Waals surface area contributed by atoms with E-state index in [-0.39, 0.29) is 5.82 Å². The SMILES string of the molecule is Cc1cc(F)ccc1Oc1ccc(C(C)(O)CCCCl)cc1. The quantitative estimate of drug-likeness (QED) is 0.745.